The highest BCUT2D eigenvalue weighted by Crippen LogP contribution is 2.16. The summed E-state index contributed by atoms with van der Waals surface area (Å²) in [5.41, 5.74) is 0.873. The van der Waals surface area contributed by atoms with Crippen molar-refractivity contribution in [2.24, 2.45) is 0 Å². The summed E-state index contributed by atoms with van der Waals surface area (Å²) in [6.45, 7) is 0. The van der Waals surface area contributed by atoms with Gasteiger partial charge >= 0.3 is 0 Å². The van der Waals surface area contributed by atoms with Crippen LogP contribution in [0.3, 0.4) is 0 Å². The van der Waals surface area contributed by atoms with Gasteiger partial charge in [-0.3, -0.25) is 4.79 Å². The summed E-state index contributed by atoms with van der Waals surface area (Å²) < 4.78 is 38.9. The van der Waals surface area contributed by atoms with E-state index in [1.54, 1.807) is 0 Å². The molecule has 0 radical (unpaired) electrons. The van der Waals surface area contributed by atoms with Gasteiger partial charge in [-0.25, -0.2) is 23.1 Å². The Morgan fingerprint density at radius 2 is 1.48 bits per heavy atom. The van der Waals surface area contributed by atoms with Crippen LogP contribution in [0.2, 0.25) is 0 Å². The molecule has 5 nitrogen and oxygen atoms in total. The first kappa shape index (κ1) is 16.4. The van der Waals surface area contributed by atoms with Crippen LogP contribution in [-0.2, 0) is 0 Å². The lowest BCUT2D eigenvalue weighted by atomic mass is 10.2. The first-order chi connectivity index (χ1) is 12.0. The summed E-state index contributed by atoms with van der Waals surface area (Å²) >= 11 is 0. The van der Waals surface area contributed by atoms with Crippen molar-refractivity contribution in [3.8, 4) is 0 Å². The van der Waals surface area contributed by atoms with Gasteiger partial charge in [0.25, 0.3) is 5.91 Å². The highest BCUT2D eigenvalue weighted by atomic mass is 19.2. The van der Waals surface area contributed by atoms with Gasteiger partial charge in [-0.1, -0.05) is 0 Å². The van der Waals surface area contributed by atoms with Gasteiger partial charge in [-0.2, -0.15) is 0 Å². The van der Waals surface area contributed by atoms with E-state index in [0.717, 1.165) is 12.1 Å². The third kappa shape index (κ3) is 4.11. The summed E-state index contributed by atoms with van der Waals surface area (Å²) in [6.07, 6.45) is 2.54. The molecular weight excluding hydrogens is 333 g/mol. The van der Waals surface area contributed by atoms with Crippen LogP contribution in [0.15, 0.2) is 54.9 Å². The van der Waals surface area contributed by atoms with Gasteiger partial charge in [0.05, 0.1) is 5.56 Å². The number of benzene rings is 2. The van der Waals surface area contributed by atoms with E-state index in [0.29, 0.717) is 5.69 Å². The molecule has 8 heteroatoms. The molecular formula is C17H11F3N4O. The molecule has 2 N–H and O–H groups in total. The number of hydrogen-bond donors (Lipinski definition) is 2. The molecule has 3 rings (SSSR count). The Bertz CT molecular complexity index is 899. The lowest BCUT2D eigenvalue weighted by Crippen LogP contribution is -2.13. The minimum absolute atomic E-state index is 0.115. The Morgan fingerprint density at radius 1 is 0.840 bits per heavy atom. The van der Waals surface area contributed by atoms with E-state index in [2.05, 4.69) is 20.6 Å². The maximum absolute atomic E-state index is 13.2. The Kier molecular flexibility index (Phi) is 4.60. The zero-order chi connectivity index (χ0) is 17.8. The zero-order valence-corrected chi connectivity index (χ0v) is 12.6. The average Bonchev–Trinajstić information content (AvgIpc) is 2.61. The predicted molar refractivity (Wildman–Crippen MR) is 86.0 cm³/mol. The third-order valence-corrected chi connectivity index (χ3v) is 3.19. The molecule has 0 fully saturated rings. The van der Waals surface area contributed by atoms with Crippen molar-refractivity contribution in [2.45, 2.75) is 0 Å². The molecule has 0 aliphatic carbocycles. The molecule has 1 amide bonds. The number of rotatable bonds is 4. The molecule has 126 valence electrons. The molecule has 0 atom stereocenters. The number of carbonyl (C=O) groups is 1. The Morgan fingerprint density at radius 3 is 2.12 bits per heavy atom. The van der Waals surface area contributed by atoms with E-state index in [9.17, 15) is 18.0 Å². The SMILES string of the molecule is O=C(Nc1ccc(F)cc1)c1cnc(Nc2ccc(F)c(F)c2)nc1. The largest absolute Gasteiger partial charge is 0.324 e. The van der Waals surface area contributed by atoms with Crippen molar-refractivity contribution in [1.29, 1.82) is 0 Å². The van der Waals surface area contributed by atoms with Crippen molar-refractivity contribution in [2.75, 3.05) is 10.6 Å². The molecule has 0 bridgehead atoms. The monoisotopic (exact) mass is 344 g/mol. The predicted octanol–water partition coefficient (Wildman–Crippen LogP) is 3.89. The van der Waals surface area contributed by atoms with E-state index < -0.39 is 23.4 Å². The Labute approximate surface area is 140 Å². The molecule has 1 aromatic heterocycles. The molecule has 25 heavy (non-hydrogen) atoms. The lowest BCUT2D eigenvalue weighted by Gasteiger charge is -2.07. The summed E-state index contributed by atoms with van der Waals surface area (Å²) in [7, 11) is 0. The number of carbonyl (C=O) groups excluding carboxylic acids is 1. The second-order valence-corrected chi connectivity index (χ2v) is 5.01. The summed E-state index contributed by atoms with van der Waals surface area (Å²) in [6, 6.07) is 8.56. The molecule has 0 saturated heterocycles. The van der Waals surface area contributed by atoms with Crippen molar-refractivity contribution in [1.82, 2.24) is 9.97 Å². The fourth-order valence-electron chi connectivity index (χ4n) is 1.95. The molecule has 0 saturated carbocycles. The highest BCUT2D eigenvalue weighted by Gasteiger charge is 2.09. The van der Waals surface area contributed by atoms with Crippen LogP contribution in [0.4, 0.5) is 30.5 Å². The van der Waals surface area contributed by atoms with Crippen LogP contribution in [0.5, 0.6) is 0 Å². The Balaban J connectivity index is 1.67. The van der Waals surface area contributed by atoms with Gasteiger partial charge in [0, 0.05) is 29.8 Å². The summed E-state index contributed by atoms with van der Waals surface area (Å²) in [5.74, 6) is -2.72. The smallest absolute Gasteiger partial charge is 0.258 e. The molecule has 0 spiro atoms. The average molecular weight is 344 g/mol. The summed E-state index contributed by atoms with van der Waals surface area (Å²) in [5, 5.41) is 5.26. The fraction of sp³-hybridized carbons (Fsp3) is 0. The van der Waals surface area contributed by atoms with Crippen LogP contribution in [0.25, 0.3) is 0 Å². The van der Waals surface area contributed by atoms with Gasteiger partial charge in [-0.15, -0.1) is 0 Å². The van der Waals surface area contributed by atoms with Crippen LogP contribution in [-0.4, -0.2) is 15.9 Å². The van der Waals surface area contributed by atoms with Crippen molar-refractivity contribution < 1.29 is 18.0 Å². The zero-order valence-electron chi connectivity index (χ0n) is 12.6. The quantitative estimate of drug-likeness (QED) is 0.753. The van der Waals surface area contributed by atoms with Gasteiger partial charge in [0.1, 0.15) is 5.82 Å². The molecule has 1 heterocycles. The molecule has 0 aliphatic heterocycles. The number of aromatic nitrogens is 2. The first-order valence-corrected chi connectivity index (χ1v) is 7.12. The number of hydrogen-bond acceptors (Lipinski definition) is 4. The topological polar surface area (TPSA) is 66.9 Å². The van der Waals surface area contributed by atoms with Gasteiger partial charge in [0.2, 0.25) is 5.95 Å². The Hall–Kier alpha value is -3.42. The molecule has 0 aliphatic rings. The van der Waals surface area contributed by atoms with E-state index in [1.165, 1.54) is 42.7 Å². The van der Waals surface area contributed by atoms with Gasteiger partial charge < -0.3 is 10.6 Å². The number of nitrogens with zero attached hydrogens (tertiary/aromatic N) is 2. The number of anilines is 3. The minimum Gasteiger partial charge on any atom is -0.324 e. The van der Waals surface area contributed by atoms with Crippen LogP contribution in [0.1, 0.15) is 10.4 Å². The first-order valence-electron chi connectivity index (χ1n) is 7.12. The second-order valence-electron chi connectivity index (χ2n) is 5.01. The van der Waals surface area contributed by atoms with E-state index in [4.69, 9.17) is 0 Å². The molecule has 2 aromatic carbocycles. The minimum atomic E-state index is -1.000. The third-order valence-electron chi connectivity index (χ3n) is 3.19. The van der Waals surface area contributed by atoms with E-state index in [1.807, 2.05) is 0 Å². The maximum Gasteiger partial charge on any atom is 0.258 e. The standard InChI is InChI=1S/C17H11F3N4O/c18-11-1-3-12(4-2-11)23-16(25)10-8-21-17(22-9-10)24-13-5-6-14(19)15(20)7-13/h1-9H,(H,23,25)(H,21,22,24). The van der Waals surface area contributed by atoms with Crippen molar-refractivity contribution >= 4 is 23.2 Å². The van der Waals surface area contributed by atoms with Crippen LogP contribution in [0, 0.1) is 17.5 Å². The van der Waals surface area contributed by atoms with Crippen LogP contribution < -0.4 is 10.6 Å². The summed E-state index contributed by atoms with van der Waals surface area (Å²) in [4.78, 5) is 19.9. The number of halogens is 3. The van der Waals surface area contributed by atoms with E-state index in [-0.39, 0.29) is 17.2 Å². The van der Waals surface area contributed by atoms with E-state index >= 15 is 0 Å². The number of nitrogens with one attached hydrogen (secondary N) is 2. The van der Waals surface area contributed by atoms with Crippen molar-refractivity contribution in [3.63, 3.8) is 0 Å². The normalized spacial score (nSPS) is 10.4. The number of amides is 1. The van der Waals surface area contributed by atoms with Crippen molar-refractivity contribution in [3.05, 3.63) is 77.9 Å². The maximum atomic E-state index is 13.2. The molecule has 0 unspecified atom stereocenters. The second kappa shape index (κ2) is 7.00. The highest BCUT2D eigenvalue weighted by molar-refractivity contribution is 6.03. The van der Waals surface area contributed by atoms with Gasteiger partial charge in [-0.05, 0) is 36.4 Å². The lowest BCUT2D eigenvalue weighted by molar-refractivity contribution is 0.102. The molecule has 3 aromatic rings. The van der Waals surface area contributed by atoms with Crippen LogP contribution >= 0.6 is 0 Å². The van der Waals surface area contributed by atoms with Gasteiger partial charge in [0.15, 0.2) is 11.6 Å². The fourth-order valence-corrected chi connectivity index (χ4v) is 1.95.